The van der Waals surface area contributed by atoms with Crippen molar-refractivity contribution in [2.75, 3.05) is 0 Å². The van der Waals surface area contributed by atoms with Crippen LogP contribution in [0.5, 0.6) is 0 Å². The van der Waals surface area contributed by atoms with E-state index < -0.39 is 0 Å². The zero-order valence-corrected chi connectivity index (χ0v) is 11.4. The first-order chi connectivity index (χ1) is 8.59. The molecule has 0 aromatic carbocycles. The van der Waals surface area contributed by atoms with Crippen LogP contribution in [0.25, 0.3) is 0 Å². The molecule has 1 aliphatic heterocycles. The summed E-state index contributed by atoms with van der Waals surface area (Å²) in [5.41, 5.74) is 3.37. The van der Waals surface area contributed by atoms with Crippen molar-refractivity contribution < 1.29 is 4.79 Å². The van der Waals surface area contributed by atoms with E-state index in [1.807, 2.05) is 5.01 Å². The van der Waals surface area contributed by atoms with Crippen LogP contribution < -0.4 is 5.43 Å². The highest BCUT2D eigenvalue weighted by Crippen LogP contribution is 2.21. The number of carbonyl (C=O) groups excluding carboxylic acids is 1. The number of rotatable bonds is 2. The second-order valence-corrected chi connectivity index (χ2v) is 5.24. The Kier molecular flexibility index (Phi) is 4.19. The summed E-state index contributed by atoms with van der Waals surface area (Å²) in [4.78, 5) is 16.1. The molecule has 0 spiro atoms. The molecule has 1 fully saturated rings. The fourth-order valence-corrected chi connectivity index (χ4v) is 2.55. The monoisotopic (exact) mass is 267 g/mol. The molecule has 2 unspecified atom stereocenters. The number of piperidine rings is 1. The molecule has 98 valence electrons. The Bertz CT molecular complexity index is 428. The number of hydrogen-bond donors (Lipinski definition) is 1. The summed E-state index contributed by atoms with van der Waals surface area (Å²) >= 11 is 5.99. The highest BCUT2D eigenvalue weighted by molar-refractivity contribution is 6.33. The Hall–Kier alpha value is -1.13. The predicted octanol–water partition coefficient (Wildman–Crippen LogP) is 2.64. The summed E-state index contributed by atoms with van der Waals surface area (Å²) in [6, 6.07) is 2.33. The van der Waals surface area contributed by atoms with Gasteiger partial charge in [0.1, 0.15) is 0 Å². The minimum absolute atomic E-state index is 0.186. The number of carbonyl (C=O) groups is 1. The van der Waals surface area contributed by atoms with Crippen LogP contribution in [-0.4, -0.2) is 28.0 Å². The van der Waals surface area contributed by atoms with E-state index in [0.717, 1.165) is 12.8 Å². The molecule has 0 radical (unpaired) electrons. The van der Waals surface area contributed by atoms with Crippen molar-refractivity contribution in [3.05, 3.63) is 29.0 Å². The maximum absolute atomic E-state index is 12.1. The molecular formula is C13H18ClN3O. The van der Waals surface area contributed by atoms with Crippen molar-refractivity contribution >= 4 is 17.5 Å². The van der Waals surface area contributed by atoms with E-state index in [-0.39, 0.29) is 5.91 Å². The molecule has 1 amide bonds. The maximum Gasteiger partial charge on any atom is 0.268 e. The first-order valence-electron chi connectivity index (χ1n) is 6.28. The average Bonchev–Trinajstić information content (AvgIpc) is 2.34. The summed E-state index contributed by atoms with van der Waals surface area (Å²) in [7, 11) is 0. The van der Waals surface area contributed by atoms with Gasteiger partial charge in [0.15, 0.2) is 0 Å². The van der Waals surface area contributed by atoms with Crippen LogP contribution in [0.4, 0.5) is 0 Å². The van der Waals surface area contributed by atoms with E-state index in [1.165, 1.54) is 12.6 Å². The van der Waals surface area contributed by atoms with Gasteiger partial charge in [0.05, 0.1) is 10.6 Å². The lowest BCUT2D eigenvalue weighted by molar-refractivity contribution is 0.0369. The molecule has 4 nitrogen and oxygen atoms in total. The second kappa shape index (κ2) is 5.67. The van der Waals surface area contributed by atoms with Gasteiger partial charge in [0.2, 0.25) is 0 Å². The highest BCUT2D eigenvalue weighted by atomic mass is 35.5. The van der Waals surface area contributed by atoms with Gasteiger partial charge in [0.25, 0.3) is 5.91 Å². The Morgan fingerprint density at radius 3 is 2.72 bits per heavy atom. The van der Waals surface area contributed by atoms with Crippen LogP contribution in [0.2, 0.25) is 5.02 Å². The summed E-state index contributed by atoms with van der Waals surface area (Å²) < 4.78 is 0. The largest absolute Gasteiger partial charge is 0.284 e. The molecule has 2 heterocycles. The standard InChI is InChI=1S/C13H18ClN3O/c1-9-4-3-5-10(2)17(9)16-13(18)11-8-15-7-6-12(11)14/h6-10H,3-5H2,1-2H3,(H,16,18). The average molecular weight is 268 g/mol. The fourth-order valence-electron chi connectivity index (χ4n) is 2.36. The topological polar surface area (TPSA) is 45.2 Å². The third kappa shape index (κ3) is 2.82. The van der Waals surface area contributed by atoms with Gasteiger partial charge in [-0.3, -0.25) is 15.2 Å². The Morgan fingerprint density at radius 1 is 1.44 bits per heavy atom. The van der Waals surface area contributed by atoms with E-state index >= 15 is 0 Å². The number of halogens is 1. The molecule has 0 saturated carbocycles. The van der Waals surface area contributed by atoms with Gasteiger partial charge in [-0.2, -0.15) is 0 Å². The molecule has 2 rings (SSSR count). The molecule has 1 aliphatic rings. The van der Waals surface area contributed by atoms with Gasteiger partial charge in [0, 0.05) is 24.5 Å². The Morgan fingerprint density at radius 2 is 2.11 bits per heavy atom. The van der Waals surface area contributed by atoms with Crippen molar-refractivity contribution in [3.63, 3.8) is 0 Å². The maximum atomic E-state index is 12.1. The molecule has 5 heteroatoms. The molecule has 2 atom stereocenters. The van der Waals surface area contributed by atoms with E-state index in [0.29, 0.717) is 22.7 Å². The first-order valence-corrected chi connectivity index (χ1v) is 6.66. The van der Waals surface area contributed by atoms with E-state index in [4.69, 9.17) is 11.6 Å². The van der Waals surface area contributed by atoms with Crippen molar-refractivity contribution in [3.8, 4) is 0 Å². The van der Waals surface area contributed by atoms with Crippen molar-refractivity contribution in [1.82, 2.24) is 15.4 Å². The lowest BCUT2D eigenvalue weighted by Crippen LogP contribution is -2.54. The van der Waals surface area contributed by atoms with Gasteiger partial charge in [-0.05, 0) is 32.8 Å². The lowest BCUT2D eigenvalue weighted by Gasteiger charge is -2.38. The molecule has 1 saturated heterocycles. The van der Waals surface area contributed by atoms with Crippen LogP contribution in [0.15, 0.2) is 18.5 Å². The summed E-state index contributed by atoms with van der Waals surface area (Å²) in [5.74, 6) is -0.186. The van der Waals surface area contributed by atoms with Crippen molar-refractivity contribution in [1.29, 1.82) is 0 Å². The first kappa shape index (κ1) is 13.3. The summed E-state index contributed by atoms with van der Waals surface area (Å²) in [6.07, 6.45) is 6.49. The smallest absolute Gasteiger partial charge is 0.268 e. The minimum atomic E-state index is -0.186. The predicted molar refractivity (Wildman–Crippen MR) is 71.3 cm³/mol. The molecule has 0 bridgehead atoms. The lowest BCUT2D eigenvalue weighted by atomic mass is 10.00. The van der Waals surface area contributed by atoms with Crippen LogP contribution >= 0.6 is 11.6 Å². The summed E-state index contributed by atoms with van der Waals surface area (Å²) in [6.45, 7) is 4.25. The fraction of sp³-hybridized carbons (Fsp3) is 0.538. The van der Waals surface area contributed by atoms with Crippen LogP contribution in [-0.2, 0) is 0 Å². The third-order valence-corrected chi connectivity index (χ3v) is 3.77. The quantitative estimate of drug-likeness (QED) is 0.896. The zero-order valence-electron chi connectivity index (χ0n) is 10.7. The number of hydrazine groups is 1. The number of hydrogen-bond acceptors (Lipinski definition) is 3. The SMILES string of the molecule is CC1CCCC(C)N1NC(=O)c1cnccc1Cl. The number of pyridine rings is 1. The molecule has 1 aromatic rings. The second-order valence-electron chi connectivity index (χ2n) is 4.83. The highest BCUT2D eigenvalue weighted by Gasteiger charge is 2.26. The van der Waals surface area contributed by atoms with Crippen LogP contribution in [0.3, 0.4) is 0 Å². The van der Waals surface area contributed by atoms with E-state index in [2.05, 4.69) is 24.3 Å². The number of nitrogens with zero attached hydrogens (tertiary/aromatic N) is 2. The van der Waals surface area contributed by atoms with Gasteiger partial charge >= 0.3 is 0 Å². The zero-order chi connectivity index (χ0) is 13.1. The van der Waals surface area contributed by atoms with Crippen molar-refractivity contribution in [2.24, 2.45) is 0 Å². The van der Waals surface area contributed by atoms with Gasteiger partial charge < -0.3 is 0 Å². The van der Waals surface area contributed by atoms with Crippen LogP contribution in [0, 0.1) is 0 Å². The molecule has 1 N–H and O–H groups in total. The van der Waals surface area contributed by atoms with E-state index in [9.17, 15) is 4.79 Å². The number of nitrogens with one attached hydrogen (secondary N) is 1. The molecule has 0 aliphatic carbocycles. The normalized spacial score (nSPS) is 24.8. The van der Waals surface area contributed by atoms with Crippen LogP contribution in [0.1, 0.15) is 43.5 Å². The number of amides is 1. The van der Waals surface area contributed by atoms with Gasteiger partial charge in [-0.1, -0.05) is 18.0 Å². The Balaban J connectivity index is 2.09. The van der Waals surface area contributed by atoms with E-state index in [1.54, 1.807) is 12.3 Å². The summed E-state index contributed by atoms with van der Waals surface area (Å²) in [5, 5.41) is 2.45. The number of aromatic nitrogens is 1. The Labute approximate surface area is 112 Å². The van der Waals surface area contributed by atoms with Gasteiger partial charge in [-0.25, -0.2) is 5.01 Å². The minimum Gasteiger partial charge on any atom is -0.284 e. The molecule has 1 aromatic heterocycles. The molecular weight excluding hydrogens is 250 g/mol. The third-order valence-electron chi connectivity index (χ3n) is 3.44. The molecule has 18 heavy (non-hydrogen) atoms. The van der Waals surface area contributed by atoms with Gasteiger partial charge in [-0.15, -0.1) is 0 Å². The van der Waals surface area contributed by atoms with Crippen molar-refractivity contribution in [2.45, 2.75) is 45.2 Å².